The van der Waals surface area contributed by atoms with Crippen molar-refractivity contribution in [3.05, 3.63) is 63.6 Å². The number of ether oxygens (including phenoxy) is 1. The molecule has 2 N–H and O–H groups in total. The van der Waals surface area contributed by atoms with Gasteiger partial charge in [0.25, 0.3) is 0 Å². The fourth-order valence-electron chi connectivity index (χ4n) is 2.24. The fraction of sp³-hybridized carbons (Fsp3) is 0.294. The van der Waals surface area contributed by atoms with E-state index in [0.717, 1.165) is 17.5 Å². The van der Waals surface area contributed by atoms with Crippen molar-refractivity contribution in [2.24, 2.45) is 5.73 Å². The van der Waals surface area contributed by atoms with Gasteiger partial charge < -0.3 is 10.5 Å². The van der Waals surface area contributed by atoms with Crippen LogP contribution in [-0.2, 0) is 0 Å². The Morgan fingerprint density at radius 3 is 2.29 bits per heavy atom. The maximum Gasteiger partial charge on any atom is 0.139 e. The molecule has 0 aromatic heterocycles. The molecule has 2 nitrogen and oxygen atoms in total. The first-order chi connectivity index (χ1) is 10.0. The second-order valence-electron chi connectivity index (χ2n) is 5.07. The summed E-state index contributed by atoms with van der Waals surface area (Å²) in [5.41, 5.74) is 8.49. The molecule has 0 fully saturated rings. The van der Waals surface area contributed by atoms with Crippen molar-refractivity contribution >= 4 is 23.2 Å². The number of hydrogen-bond donors (Lipinski definition) is 1. The maximum absolute atomic E-state index is 6.25. The lowest BCUT2D eigenvalue weighted by molar-refractivity contribution is 0.170. The normalized spacial score (nSPS) is 13.8. The summed E-state index contributed by atoms with van der Waals surface area (Å²) in [7, 11) is 0. The Morgan fingerprint density at radius 1 is 1.10 bits per heavy atom. The fourth-order valence-corrected chi connectivity index (χ4v) is 2.75. The molecule has 0 bridgehead atoms. The minimum absolute atomic E-state index is 0.108. The third-order valence-electron chi connectivity index (χ3n) is 3.45. The van der Waals surface area contributed by atoms with Crippen LogP contribution in [0.3, 0.4) is 0 Å². The lowest BCUT2D eigenvalue weighted by atomic mass is 9.97. The van der Waals surface area contributed by atoms with Gasteiger partial charge in [0.05, 0.1) is 0 Å². The van der Waals surface area contributed by atoms with Gasteiger partial charge in [0.1, 0.15) is 11.9 Å². The van der Waals surface area contributed by atoms with E-state index in [1.54, 1.807) is 18.2 Å². The minimum Gasteiger partial charge on any atom is -0.484 e. The van der Waals surface area contributed by atoms with Crippen LogP contribution in [0.15, 0.2) is 42.5 Å². The van der Waals surface area contributed by atoms with Gasteiger partial charge in [0.15, 0.2) is 0 Å². The predicted molar refractivity (Wildman–Crippen MR) is 89.3 cm³/mol. The van der Waals surface area contributed by atoms with E-state index < -0.39 is 0 Å². The van der Waals surface area contributed by atoms with Crippen LogP contribution in [0.2, 0.25) is 10.0 Å². The first kappa shape index (κ1) is 16.2. The van der Waals surface area contributed by atoms with E-state index in [9.17, 15) is 0 Å². The second kappa shape index (κ2) is 7.17. The van der Waals surface area contributed by atoms with Gasteiger partial charge in [0.2, 0.25) is 0 Å². The Kier molecular flexibility index (Phi) is 5.51. The van der Waals surface area contributed by atoms with Crippen LogP contribution < -0.4 is 10.5 Å². The van der Waals surface area contributed by atoms with Crippen LogP contribution in [0.1, 0.15) is 30.6 Å². The highest BCUT2D eigenvalue weighted by Gasteiger charge is 2.22. The zero-order valence-corrected chi connectivity index (χ0v) is 13.7. The monoisotopic (exact) mass is 323 g/mol. The van der Waals surface area contributed by atoms with Crippen molar-refractivity contribution in [1.82, 2.24) is 0 Å². The lowest BCUT2D eigenvalue weighted by Gasteiger charge is -2.26. The highest BCUT2D eigenvalue weighted by atomic mass is 35.5. The van der Waals surface area contributed by atoms with Crippen LogP contribution in [-0.4, -0.2) is 6.04 Å². The van der Waals surface area contributed by atoms with Crippen LogP contribution in [0, 0.1) is 6.92 Å². The first-order valence-electron chi connectivity index (χ1n) is 6.95. The van der Waals surface area contributed by atoms with Crippen molar-refractivity contribution in [2.45, 2.75) is 32.4 Å². The number of halogens is 2. The summed E-state index contributed by atoms with van der Waals surface area (Å²) in [5, 5.41) is 1.09. The van der Waals surface area contributed by atoms with Gasteiger partial charge in [0, 0.05) is 16.1 Å². The summed E-state index contributed by atoms with van der Waals surface area (Å²) in [6.45, 7) is 4.10. The average molecular weight is 324 g/mol. The summed E-state index contributed by atoms with van der Waals surface area (Å²) in [4.78, 5) is 0. The van der Waals surface area contributed by atoms with E-state index in [1.807, 2.05) is 25.1 Å². The Morgan fingerprint density at radius 2 is 1.71 bits per heavy atom. The Bertz CT molecular complexity index is 595. The second-order valence-corrected chi connectivity index (χ2v) is 5.95. The molecule has 112 valence electrons. The van der Waals surface area contributed by atoms with E-state index in [1.165, 1.54) is 0 Å². The van der Waals surface area contributed by atoms with Gasteiger partial charge >= 0.3 is 0 Å². The van der Waals surface area contributed by atoms with E-state index in [4.69, 9.17) is 33.7 Å². The molecule has 21 heavy (non-hydrogen) atoms. The number of hydrogen-bond acceptors (Lipinski definition) is 2. The topological polar surface area (TPSA) is 35.2 Å². The van der Waals surface area contributed by atoms with E-state index >= 15 is 0 Å². The number of rotatable bonds is 5. The van der Waals surface area contributed by atoms with E-state index in [2.05, 4.69) is 13.0 Å². The van der Waals surface area contributed by atoms with Crippen molar-refractivity contribution in [2.75, 3.05) is 0 Å². The van der Waals surface area contributed by atoms with Crippen LogP contribution in [0.5, 0.6) is 5.75 Å². The number of nitrogens with two attached hydrogens (primary N) is 1. The summed E-state index contributed by atoms with van der Waals surface area (Å²) in [6.07, 6.45) is 0.582. The third-order valence-corrected chi connectivity index (χ3v) is 3.89. The van der Waals surface area contributed by atoms with Gasteiger partial charge in [-0.2, -0.15) is 0 Å². The SMILES string of the molecule is CCC(N)C(Oc1cc(Cl)cc(Cl)c1)c1ccccc1C. The molecule has 2 aromatic carbocycles. The third kappa shape index (κ3) is 4.13. The molecule has 0 aliphatic rings. The summed E-state index contributed by atoms with van der Waals surface area (Å²) in [6, 6.07) is 13.2. The molecule has 0 heterocycles. The molecular weight excluding hydrogens is 305 g/mol. The maximum atomic E-state index is 6.25. The molecule has 0 saturated carbocycles. The zero-order chi connectivity index (χ0) is 15.4. The zero-order valence-electron chi connectivity index (χ0n) is 12.1. The molecule has 0 saturated heterocycles. The molecule has 2 unspecified atom stereocenters. The van der Waals surface area contributed by atoms with E-state index in [-0.39, 0.29) is 12.1 Å². The average Bonchev–Trinajstić information content (AvgIpc) is 2.44. The van der Waals surface area contributed by atoms with Gasteiger partial charge in [-0.05, 0) is 42.7 Å². The van der Waals surface area contributed by atoms with Crippen molar-refractivity contribution in [3.8, 4) is 5.75 Å². The number of benzene rings is 2. The van der Waals surface area contributed by atoms with E-state index in [0.29, 0.717) is 15.8 Å². The molecule has 0 radical (unpaired) electrons. The number of aryl methyl sites for hydroxylation is 1. The minimum atomic E-state index is -0.231. The molecule has 0 aliphatic heterocycles. The summed E-state index contributed by atoms with van der Waals surface area (Å²) < 4.78 is 6.10. The molecule has 2 atom stereocenters. The molecule has 2 aromatic rings. The quantitative estimate of drug-likeness (QED) is 0.824. The van der Waals surface area contributed by atoms with Crippen LogP contribution in [0.25, 0.3) is 0 Å². The molecule has 4 heteroatoms. The molecule has 2 rings (SSSR count). The van der Waals surface area contributed by atoms with Crippen molar-refractivity contribution in [1.29, 1.82) is 0 Å². The highest BCUT2D eigenvalue weighted by Crippen LogP contribution is 2.31. The predicted octanol–water partition coefficient (Wildman–Crippen LogP) is 5.16. The largest absolute Gasteiger partial charge is 0.484 e. The Balaban J connectivity index is 2.35. The molecule has 0 spiro atoms. The van der Waals surface area contributed by atoms with Gasteiger partial charge in [-0.25, -0.2) is 0 Å². The van der Waals surface area contributed by atoms with Crippen LogP contribution in [0.4, 0.5) is 0 Å². The van der Waals surface area contributed by atoms with Gasteiger partial charge in [-0.15, -0.1) is 0 Å². The van der Waals surface area contributed by atoms with Crippen molar-refractivity contribution < 1.29 is 4.74 Å². The summed E-state index contributed by atoms with van der Waals surface area (Å²) >= 11 is 12.1. The van der Waals surface area contributed by atoms with Gasteiger partial charge in [-0.3, -0.25) is 0 Å². The lowest BCUT2D eigenvalue weighted by Crippen LogP contribution is -2.32. The summed E-state index contributed by atoms with van der Waals surface area (Å²) in [5.74, 6) is 0.629. The Labute approximate surface area is 135 Å². The smallest absolute Gasteiger partial charge is 0.139 e. The Hall–Kier alpha value is -1.22. The molecular formula is C17H19Cl2NO. The van der Waals surface area contributed by atoms with Crippen molar-refractivity contribution in [3.63, 3.8) is 0 Å². The molecule has 0 aliphatic carbocycles. The molecule has 0 amide bonds. The standard InChI is InChI=1S/C17H19Cl2NO/c1-3-16(20)17(15-7-5-4-6-11(15)2)21-14-9-12(18)8-13(19)10-14/h4-10,16-17H,3,20H2,1-2H3. The van der Waals surface area contributed by atoms with Crippen LogP contribution >= 0.6 is 23.2 Å². The first-order valence-corrected chi connectivity index (χ1v) is 7.70. The highest BCUT2D eigenvalue weighted by molar-refractivity contribution is 6.34. The van der Waals surface area contributed by atoms with Gasteiger partial charge in [-0.1, -0.05) is 54.4 Å².